The van der Waals surface area contributed by atoms with E-state index in [0.717, 1.165) is 11.3 Å². The van der Waals surface area contributed by atoms with Gasteiger partial charge in [-0.05, 0) is 11.6 Å². The van der Waals surface area contributed by atoms with Gasteiger partial charge in [0.05, 0.1) is 6.54 Å². The van der Waals surface area contributed by atoms with Gasteiger partial charge >= 0.3 is 0 Å². The molecule has 0 atom stereocenters. The van der Waals surface area contributed by atoms with Crippen molar-refractivity contribution in [3.05, 3.63) is 36.6 Å². The maximum atomic E-state index is 11.0. The van der Waals surface area contributed by atoms with Gasteiger partial charge in [0.2, 0.25) is 5.91 Å². The minimum absolute atomic E-state index is 0.0400. The van der Waals surface area contributed by atoms with Crippen LogP contribution in [-0.2, 0) is 4.79 Å². The molecule has 1 amide bonds. The van der Waals surface area contributed by atoms with Crippen molar-refractivity contribution in [3.63, 3.8) is 0 Å². The van der Waals surface area contributed by atoms with Crippen LogP contribution in [0, 0.1) is 0 Å². The van der Waals surface area contributed by atoms with Gasteiger partial charge in [-0.3, -0.25) is 4.79 Å². The summed E-state index contributed by atoms with van der Waals surface area (Å²) in [7, 11) is 0. The van der Waals surface area contributed by atoms with E-state index in [2.05, 4.69) is 23.8 Å². The predicted octanol–water partition coefficient (Wildman–Crippen LogP) is 0.332. The summed E-state index contributed by atoms with van der Waals surface area (Å²) in [6, 6.07) is 0. The number of carbonyl (C=O) groups is 1. The molecule has 0 spiro atoms. The van der Waals surface area contributed by atoms with E-state index < -0.39 is 0 Å². The zero-order valence-corrected chi connectivity index (χ0v) is 6.89. The Morgan fingerprint density at radius 2 is 2.00 bits per heavy atom. The highest BCUT2D eigenvalue weighted by atomic mass is 16.1. The fourth-order valence-electron chi connectivity index (χ4n) is 1.04. The highest BCUT2D eigenvalue weighted by Crippen LogP contribution is 2.04. The molecule has 1 aliphatic rings. The lowest BCUT2D eigenvalue weighted by Gasteiger charge is -2.03. The standard InChI is InChI=1S/C9H12N2O/c1-3-7-5-10-6-9(12)11-8(7)4-2/h3-4,10H,1-2,5-6H2,(H,11,12). The quantitative estimate of drug-likeness (QED) is 0.617. The lowest BCUT2D eigenvalue weighted by Crippen LogP contribution is -2.29. The number of hydrogen-bond acceptors (Lipinski definition) is 2. The van der Waals surface area contributed by atoms with Crippen LogP contribution < -0.4 is 10.6 Å². The number of rotatable bonds is 2. The summed E-state index contributed by atoms with van der Waals surface area (Å²) in [6.45, 7) is 8.26. The molecule has 1 heterocycles. The largest absolute Gasteiger partial charge is 0.325 e. The van der Waals surface area contributed by atoms with Crippen molar-refractivity contribution in [3.8, 4) is 0 Å². The minimum Gasteiger partial charge on any atom is -0.325 e. The molecule has 0 saturated carbocycles. The van der Waals surface area contributed by atoms with Gasteiger partial charge in [0.1, 0.15) is 0 Å². The van der Waals surface area contributed by atoms with Gasteiger partial charge in [-0.15, -0.1) is 0 Å². The molecule has 0 aromatic carbocycles. The average molecular weight is 164 g/mol. The number of allylic oxidation sites excluding steroid dienone is 1. The fraction of sp³-hybridized carbons (Fsp3) is 0.222. The van der Waals surface area contributed by atoms with E-state index in [1.807, 2.05) is 0 Å². The number of hydrogen-bond donors (Lipinski definition) is 2. The Morgan fingerprint density at radius 3 is 2.58 bits per heavy atom. The van der Waals surface area contributed by atoms with Crippen molar-refractivity contribution in [1.29, 1.82) is 0 Å². The number of amides is 1. The summed E-state index contributed by atoms with van der Waals surface area (Å²) in [5.74, 6) is -0.0400. The van der Waals surface area contributed by atoms with Crippen LogP contribution in [0.3, 0.4) is 0 Å². The highest BCUT2D eigenvalue weighted by Gasteiger charge is 2.10. The fourth-order valence-corrected chi connectivity index (χ4v) is 1.04. The second-order valence-corrected chi connectivity index (χ2v) is 2.50. The van der Waals surface area contributed by atoms with Crippen molar-refractivity contribution < 1.29 is 4.79 Å². The Kier molecular flexibility index (Phi) is 2.82. The van der Waals surface area contributed by atoms with E-state index in [1.165, 1.54) is 0 Å². The van der Waals surface area contributed by atoms with Gasteiger partial charge in [0, 0.05) is 12.2 Å². The van der Waals surface area contributed by atoms with Crippen molar-refractivity contribution >= 4 is 5.91 Å². The molecule has 1 aliphatic heterocycles. The number of nitrogens with one attached hydrogen (secondary N) is 2. The Balaban J connectivity index is 2.91. The summed E-state index contributed by atoms with van der Waals surface area (Å²) >= 11 is 0. The van der Waals surface area contributed by atoms with Gasteiger partial charge in [-0.25, -0.2) is 0 Å². The molecule has 0 aliphatic carbocycles. The molecule has 1 rings (SSSR count). The van der Waals surface area contributed by atoms with Crippen LogP contribution in [0.2, 0.25) is 0 Å². The summed E-state index contributed by atoms with van der Waals surface area (Å²) in [5, 5.41) is 5.69. The zero-order chi connectivity index (χ0) is 8.97. The molecule has 0 aromatic rings. The van der Waals surface area contributed by atoms with Crippen LogP contribution in [-0.4, -0.2) is 19.0 Å². The first-order valence-electron chi connectivity index (χ1n) is 3.76. The molecule has 0 unspecified atom stereocenters. The zero-order valence-electron chi connectivity index (χ0n) is 6.89. The SMILES string of the molecule is C=CC1=C(C=C)NC(=O)CNC1. The lowest BCUT2D eigenvalue weighted by atomic mass is 10.2. The van der Waals surface area contributed by atoms with Crippen molar-refractivity contribution in [1.82, 2.24) is 10.6 Å². The Bertz CT molecular complexity index is 253. The third-order valence-corrected chi connectivity index (χ3v) is 1.67. The molecule has 0 bridgehead atoms. The van der Waals surface area contributed by atoms with E-state index in [4.69, 9.17) is 0 Å². The third-order valence-electron chi connectivity index (χ3n) is 1.67. The second-order valence-electron chi connectivity index (χ2n) is 2.50. The monoisotopic (exact) mass is 164 g/mol. The van der Waals surface area contributed by atoms with Crippen LogP contribution >= 0.6 is 0 Å². The summed E-state index contributed by atoms with van der Waals surface area (Å²) in [4.78, 5) is 11.0. The van der Waals surface area contributed by atoms with E-state index >= 15 is 0 Å². The van der Waals surface area contributed by atoms with E-state index in [0.29, 0.717) is 13.1 Å². The molecule has 3 nitrogen and oxygen atoms in total. The van der Waals surface area contributed by atoms with Crippen LogP contribution in [0.15, 0.2) is 36.6 Å². The van der Waals surface area contributed by atoms with Gasteiger partial charge in [-0.2, -0.15) is 0 Å². The van der Waals surface area contributed by atoms with Gasteiger partial charge in [-0.1, -0.05) is 19.2 Å². The minimum atomic E-state index is -0.0400. The number of carbonyl (C=O) groups excluding carboxylic acids is 1. The van der Waals surface area contributed by atoms with Crippen LogP contribution in [0.1, 0.15) is 0 Å². The van der Waals surface area contributed by atoms with Gasteiger partial charge < -0.3 is 10.6 Å². The van der Waals surface area contributed by atoms with E-state index in [9.17, 15) is 4.79 Å². The Hall–Kier alpha value is -1.35. The molecule has 0 radical (unpaired) electrons. The molecule has 0 aromatic heterocycles. The van der Waals surface area contributed by atoms with Crippen molar-refractivity contribution in [2.75, 3.05) is 13.1 Å². The second kappa shape index (κ2) is 3.88. The van der Waals surface area contributed by atoms with Crippen LogP contribution in [0.4, 0.5) is 0 Å². The predicted molar refractivity (Wildman–Crippen MR) is 48.4 cm³/mol. The topological polar surface area (TPSA) is 41.1 Å². The maximum Gasteiger partial charge on any atom is 0.238 e. The van der Waals surface area contributed by atoms with Gasteiger partial charge in [0.25, 0.3) is 0 Å². The first-order chi connectivity index (χ1) is 5.77. The molecule has 12 heavy (non-hydrogen) atoms. The molecule has 0 saturated heterocycles. The third kappa shape index (κ3) is 1.83. The molecular formula is C9H12N2O. The summed E-state index contributed by atoms with van der Waals surface area (Å²) in [5.41, 5.74) is 1.72. The first kappa shape index (κ1) is 8.74. The maximum absolute atomic E-state index is 11.0. The summed E-state index contributed by atoms with van der Waals surface area (Å²) in [6.07, 6.45) is 3.34. The van der Waals surface area contributed by atoms with E-state index in [-0.39, 0.29) is 5.91 Å². The highest BCUT2D eigenvalue weighted by molar-refractivity contribution is 5.81. The van der Waals surface area contributed by atoms with Crippen molar-refractivity contribution in [2.24, 2.45) is 0 Å². The first-order valence-corrected chi connectivity index (χ1v) is 3.76. The van der Waals surface area contributed by atoms with Crippen LogP contribution in [0.25, 0.3) is 0 Å². The molecule has 3 heteroatoms. The molecular weight excluding hydrogens is 152 g/mol. The van der Waals surface area contributed by atoms with Crippen molar-refractivity contribution in [2.45, 2.75) is 0 Å². The normalized spacial score (nSPS) is 18.2. The lowest BCUT2D eigenvalue weighted by molar-refractivity contribution is -0.119. The molecule has 2 N–H and O–H groups in total. The Morgan fingerprint density at radius 1 is 1.25 bits per heavy atom. The molecule has 64 valence electrons. The molecule has 0 fully saturated rings. The summed E-state index contributed by atoms with van der Waals surface area (Å²) < 4.78 is 0. The van der Waals surface area contributed by atoms with Crippen LogP contribution in [0.5, 0.6) is 0 Å². The van der Waals surface area contributed by atoms with Gasteiger partial charge in [0.15, 0.2) is 0 Å². The van der Waals surface area contributed by atoms with E-state index in [1.54, 1.807) is 12.2 Å². The Labute approximate surface area is 71.8 Å². The smallest absolute Gasteiger partial charge is 0.238 e. The average Bonchev–Trinajstić information content (AvgIpc) is 2.26.